The van der Waals surface area contributed by atoms with Gasteiger partial charge >= 0.3 is 5.97 Å². The van der Waals surface area contributed by atoms with Gasteiger partial charge in [0.1, 0.15) is 0 Å². The molecule has 0 aromatic heterocycles. The summed E-state index contributed by atoms with van der Waals surface area (Å²) in [6, 6.07) is 4.56. The van der Waals surface area contributed by atoms with Gasteiger partial charge in [-0.05, 0) is 31.0 Å². The molecule has 20 heavy (non-hydrogen) atoms. The van der Waals surface area contributed by atoms with Crippen molar-refractivity contribution in [2.45, 2.75) is 26.7 Å². The molecule has 0 aliphatic carbocycles. The molecule has 1 rings (SSSR count). The van der Waals surface area contributed by atoms with Crippen molar-refractivity contribution in [2.75, 3.05) is 12.3 Å². The maximum Gasteiger partial charge on any atom is 0.311 e. The van der Waals surface area contributed by atoms with Crippen molar-refractivity contribution in [2.24, 2.45) is 5.41 Å². The summed E-state index contributed by atoms with van der Waals surface area (Å²) in [7, 11) is 0. The molecule has 0 unspecified atom stereocenters. The van der Waals surface area contributed by atoms with Crippen LogP contribution in [0.3, 0.4) is 0 Å². The highest BCUT2D eigenvalue weighted by Gasteiger charge is 2.35. The highest BCUT2D eigenvalue weighted by Crippen LogP contribution is 2.26. The number of nitrogen functional groups attached to an aromatic ring is 1. The van der Waals surface area contributed by atoms with Crippen LogP contribution >= 0.6 is 11.6 Å². The second-order valence-electron chi connectivity index (χ2n) is 4.71. The fourth-order valence-corrected chi connectivity index (χ4v) is 2.03. The molecule has 0 aliphatic rings. The SMILES string of the molecule is CCC(CC)(CNC(=O)c1ccc(Cl)c(N)c1)C(=O)O. The molecule has 0 atom stereocenters. The molecule has 0 fully saturated rings. The summed E-state index contributed by atoms with van der Waals surface area (Å²) >= 11 is 5.79. The number of carbonyl (C=O) groups excluding carboxylic acids is 1. The van der Waals surface area contributed by atoms with Crippen molar-refractivity contribution in [3.8, 4) is 0 Å². The van der Waals surface area contributed by atoms with Gasteiger partial charge in [-0.25, -0.2) is 0 Å². The van der Waals surface area contributed by atoms with E-state index in [2.05, 4.69) is 5.32 Å². The minimum atomic E-state index is -0.937. The monoisotopic (exact) mass is 298 g/mol. The lowest BCUT2D eigenvalue weighted by atomic mass is 9.82. The molecule has 0 spiro atoms. The van der Waals surface area contributed by atoms with Crippen LogP contribution in [-0.4, -0.2) is 23.5 Å². The topological polar surface area (TPSA) is 92.4 Å². The molecule has 0 heterocycles. The van der Waals surface area contributed by atoms with E-state index < -0.39 is 11.4 Å². The van der Waals surface area contributed by atoms with E-state index >= 15 is 0 Å². The quantitative estimate of drug-likeness (QED) is 0.704. The molecule has 5 nitrogen and oxygen atoms in total. The summed E-state index contributed by atoms with van der Waals surface area (Å²) < 4.78 is 0. The van der Waals surface area contributed by atoms with Crippen LogP contribution in [0.2, 0.25) is 5.02 Å². The minimum absolute atomic E-state index is 0.0801. The number of hydrogen-bond donors (Lipinski definition) is 3. The van der Waals surface area contributed by atoms with Crippen LogP contribution < -0.4 is 11.1 Å². The van der Waals surface area contributed by atoms with E-state index in [1.807, 2.05) is 0 Å². The molecule has 0 bridgehead atoms. The fraction of sp³-hybridized carbons (Fsp3) is 0.429. The normalized spacial score (nSPS) is 11.2. The third-order valence-electron chi connectivity index (χ3n) is 3.65. The van der Waals surface area contributed by atoms with Crippen molar-refractivity contribution in [3.05, 3.63) is 28.8 Å². The number of amides is 1. The zero-order chi connectivity index (χ0) is 15.3. The van der Waals surface area contributed by atoms with Gasteiger partial charge in [-0.3, -0.25) is 9.59 Å². The molecule has 0 aliphatic heterocycles. The lowest BCUT2D eigenvalue weighted by Gasteiger charge is -2.26. The van der Waals surface area contributed by atoms with Gasteiger partial charge in [-0.1, -0.05) is 25.4 Å². The van der Waals surface area contributed by atoms with Crippen molar-refractivity contribution in [1.29, 1.82) is 0 Å². The highest BCUT2D eigenvalue weighted by molar-refractivity contribution is 6.33. The summed E-state index contributed by atoms with van der Waals surface area (Å²) in [5.74, 6) is -1.26. The number of carbonyl (C=O) groups is 2. The van der Waals surface area contributed by atoms with Gasteiger partial charge in [0.15, 0.2) is 0 Å². The standard InChI is InChI=1S/C14H19ClN2O3/c1-3-14(4-2,13(19)20)8-17-12(18)9-5-6-10(15)11(16)7-9/h5-7H,3-4,8,16H2,1-2H3,(H,17,18)(H,19,20). The van der Waals surface area contributed by atoms with Gasteiger partial charge in [-0.15, -0.1) is 0 Å². The zero-order valence-corrected chi connectivity index (χ0v) is 12.3. The lowest BCUT2D eigenvalue weighted by molar-refractivity contribution is -0.149. The molecular formula is C14H19ClN2O3. The van der Waals surface area contributed by atoms with Crippen LogP contribution in [0.25, 0.3) is 0 Å². The maximum atomic E-state index is 12.0. The number of carboxylic acids is 1. The van der Waals surface area contributed by atoms with E-state index in [4.69, 9.17) is 17.3 Å². The average molecular weight is 299 g/mol. The minimum Gasteiger partial charge on any atom is -0.481 e. The van der Waals surface area contributed by atoms with Crippen LogP contribution in [0.5, 0.6) is 0 Å². The Balaban J connectivity index is 2.80. The fourth-order valence-electron chi connectivity index (χ4n) is 1.91. The number of carboxylic acid groups (broad SMARTS) is 1. The Morgan fingerprint density at radius 1 is 1.35 bits per heavy atom. The molecule has 1 amide bonds. The third-order valence-corrected chi connectivity index (χ3v) is 4.00. The smallest absolute Gasteiger partial charge is 0.311 e. The van der Waals surface area contributed by atoms with E-state index in [-0.39, 0.29) is 12.5 Å². The van der Waals surface area contributed by atoms with Gasteiger partial charge < -0.3 is 16.2 Å². The maximum absolute atomic E-state index is 12.0. The van der Waals surface area contributed by atoms with E-state index in [0.717, 1.165) is 0 Å². The average Bonchev–Trinajstić information content (AvgIpc) is 2.43. The highest BCUT2D eigenvalue weighted by atomic mass is 35.5. The van der Waals surface area contributed by atoms with E-state index in [1.165, 1.54) is 12.1 Å². The Bertz CT molecular complexity index is 513. The number of rotatable bonds is 6. The lowest BCUT2D eigenvalue weighted by Crippen LogP contribution is -2.42. The Morgan fingerprint density at radius 3 is 2.40 bits per heavy atom. The Hall–Kier alpha value is -1.75. The molecule has 4 N–H and O–H groups in total. The predicted octanol–water partition coefficient (Wildman–Crippen LogP) is 2.54. The summed E-state index contributed by atoms with van der Waals surface area (Å²) in [5.41, 5.74) is 5.37. The van der Waals surface area contributed by atoms with Crippen LogP contribution in [0.4, 0.5) is 5.69 Å². The summed E-state index contributed by atoms with van der Waals surface area (Å²) in [6.07, 6.45) is 0.893. The Morgan fingerprint density at radius 2 is 1.95 bits per heavy atom. The number of nitrogens with two attached hydrogens (primary N) is 1. The predicted molar refractivity (Wildman–Crippen MR) is 78.8 cm³/mol. The van der Waals surface area contributed by atoms with Crippen molar-refractivity contribution in [1.82, 2.24) is 5.32 Å². The number of aliphatic carboxylic acids is 1. The second-order valence-corrected chi connectivity index (χ2v) is 5.12. The summed E-state index contributed by atoms with van der Waals surface area (Å²) in [6.45, 7) is 3.67. The van der Waals surface area contributed by atoms with Crippen LogP contribution in [-0.2, 0) is 4.79 Å². The van der Waals surface area contributed by atoms with Crippen LogP contribution in [0.15, 0.2) is 18.2 Å². The van der Waals surface area contributed by atoms with Gasteiger partial charge in [0.05, 0.1) is 16.1 Å². The van der Waals surface area contributed by atoms with Crippen molar-refractivity contribution in [3.63, 3.8) is 0 Å². The van der Waals surface area contributed by atoms with E-state index in [9.17, 15) is 14.7 Å². The molecule has 110 valence electrons. The zero-order valence-electron chi connectivity index (χ0n) is 11.6. The second kappa shape index (κ2) is 6.61. The van der Waals surface area contributed by atoms with E-state index in [1.54, 1.807) is 19.9 Å². The van der Waals surface area contributed by atoms with Crippen molar-refractivity contribution < 1.29 is 14.7 Å². The summed E-state index contributed by atoms with van der Waals surface area (Å²) in [4.78, 5) is 23.3. The van der Waals surface area contributed by atoms with Crippen LogP contribution in [0, 0.1) is 5.41 Å². The number of halogens is 1. The first-order valence-corrected chi connectivity index (χ1v) is 6.80. The van der Waals surface area contributed by atoms with E-state index in [0.29, 0.717) is 29.1 Å². The molecule has 0 saturated carbocycles. The number of hydrogen-bond acceptors (Lipinski definition) is 3. The molecular weight excluding hydrogens is 280 g/mol. The van der Waals surface area contributed by atoms with Gasteiger partial charge in [0, 0.05) is 12.1 Å². The first-order chi connectivity index (χ1) is 9.36. The molecule has 6 heteroatoms. The number of nitrogens with one attached hydrogen (secondary N) is 1. The molecule has 0 saturated heterocycles. The van der Waals surface area contributed by atoms with Gasteiger partial charge in [0.2, 0.25) is 0 Å². The summed E-state index contributed by atoms with van der Waals surface area (Å²) in [5, 5.41) is 12.3. The van der Waals surface area contributed by atoms with Crippen LogP contribution in [0.1, 0.15) is 37.0 Å². The van der Waals surface area contributed by atoms with Gasteiger partial charge in [0.25, 0.3) is 5.91 Å². The Kier molecular flexibility index (Phi) is 5.39. The first-order valence-electron chi connectivity index (χ1n) is 6.43. The Labute approximate surface area is 123 Å². The third kappa shape index (κ3) is 3.42. The number of benzene rings is 1. The number of anilines is 1. The van der Waals surface area contributed by atoms with Crippen molar-refractivity contribution >= 4 is 29.2 Å². The molecule has 1 aromatic carbocycles. The molecule has 1 aromatic rings. The first kappa shape index (κ1) is 16.3. The largest absolute Gasteiger partial charge is 0.481 e. The molecule has 0 radical (unpaired) electrons. The van der Waals surface area contributed by atoms with Gasteiger partial charge in [-0.2, -0.15) is 0 Å².